The van der Waals surface area contributed by atoms with Crippen molar-refractivity contribution >= 4 is 17.6 Å². The number of carbonyl (C=O) groups excluding carboxylic acids is 1. The molecule has 1 fully saturated rings. The SMILES string of the molecule is Cc1cc(-c2ccc(C3(C)CCN(Cc4ccccc4)CC3)cc2)sc1C=O. The Morgan fingerprint density at radius 3 is 2.32 bits per heavy atom. The van der Waals surface area contributed by atoms with Gasteiger partial charge in [0.15, 0.2) is 6.29 Å². The predicted molar refractivity (Wildman–Crippen MR) is 118 cm³/mol. The second-order valence-electron chi connectivity index (χ2n) is 8.18. The van der Waals surface area contributed by atoms with E-state index in [1.165, 1.54) is 34.4 Å². The molecule has 0 spiro atoms. The van der Waals surface area contributed by atoms with Crippen molar-refractivity contribution in [2.75, 3.05) is 13.1 Å². The van der Waals surface area contributed by atoms with E-state index < -0.39 is 0 Å². The average Bonchev–Trinajstić information content (AvgIpc) is 3.11. The van der Waals surface area contributed by atoms with Gasteiger partial charge in [0.05, 0.1) is 4.88 Å². The van der Waals surface area contributed by atoms with Gasteiger partial charge in [0.1, 0.15) is 0 Å². The lowest BCUT2D eigenvalue weighted by Gasteiger charge is -2.40. The number of thiophene rings is 1. The molecule has 3 heteroatoms. The number of likely N-dealkylation sites (tertiary alicyclic amines) is 1. The normalized spacial score (nSPS) is 16.8. The van der Waals surface area contributed by atoms with E-state index in [0.717, 1.165) is 36.4 Å². The lowest BCUT2D eigenvalue weighted by atomic mass is 9.74. The Morgan fingerprint density at radius 1 is 1.04 bits per heavy atom. The standard InChI is InChI=1S/C25H27NOS/c1-19-16-23(28-24(19)18-27)21-8-10-22(11-9-21)25(2)12-14-26(15-13-25)17-20-6-4-3-5-7-20/h3-11,16,18H,12-15,17H2,1-2H3. The highest BCUT2D eigenvalue weighted by atomic mass is 32.1. The average molecular weight is 390 g/mol. The van der Waals surface area contributed by atoms with E-state index in [0.29, 0.717) is 0 Å². The van der Waals surface area contributed by atoms with Crippen molar-refractivity contribution in [2.45, 2.75) is 38.6 Å². The molecule has 0 radical (unpaired) electrons. The Morgan fingerprint density at radius 2 is 1.71 bits per heavy atom. The molecule has 1 saturated heterocycles. The van der Waals surface area contributed by atoms with Crippen molar-refractivity contribution in [1.29, 1.82) is 0 Å². The Bertz CT molecular complexity index is 934. The largest absolute Gasteiger partial charge is 0.299 e. The zero-order valence-electron chi connectivity index (χ0n) is 16.7. The fourth-order valence-electron chi connectivity index (χ4n) is 4.13. The Kier molecular flexibility index (Phi) is 5.47. The van der Waals surface area contributed by atoms with Crippen LogP contribution in [-0.2, 0) is 12.0 Å². The number of aryl methyl sites for hydroxylation is 1. The van der Waals surface area contributed by atoms with Gasteiger partial charge in [0, 0.05) is 11.4 Å². The van der Waals surface area contributed by atoms with Crippen LogP contribution in [0.3, 0.4) is 0 Å². The summed E-state index contributed by atoms with van der Waals surface area (Å²) in [6.07, 6.45) is 3.33. The van der Waals surface area contributed by atoms with Crippen LogP contribution in [-0.4, -0.2) is 24.3 Å². The van der Waals surface area contributed by atoms with Crippen LogP contribution in [0.1, 0.15) is 46.1 Å². The van der Waals surface area contributed by atoms with Crippen LogP contribution in [0.15, 0.2) is 60.7 Å². The summed E-state index contributed by atoms with van der Waals surface area (Å²) in [6.45, 7) is 7.73. The van der Waals surface area contributed by atoms with Gasteiger partial charge in [0.25, 0.3) is 0 Å². The molecule has 28 heavy (non-hydrogen) atoms. The molecule has 0 unspecified atom stereocenters. The second-order valence-corrected chi connectivity index (χ2v) is 9.26. The summed E-state index contributed by atoms with van der Waals surface area (Å²) in [4.78, 5) is 15.7. The van der Waals surface area contributed by atoms with Gasteiger partial charge in [-0.05, 0) is 66.6 Å². The number of carbonyl (C=O) groups is 1. The summed E-state index contributed by atoms with van der Waals surface area (Å²) in [5.41, 5.74) is 5.34. The smallest absolute Gasteiger partial charge is 0.160 e. The molecule has 0 atom stereocenters. The third-order valence-corrected chi connectivity index (χ3v) is 7.35. The summed E-state index contributed by atoms with van der Waals surface area (Å²) >= 11 is 1.58. The fraction of sp³-hybridized carbons (Fsp3) is 0.320. The molecule has 0 aliphatic carbocycles. The Balaban J connectivity index is 1.43. The Hall–Kier alpha value is -2.23. The first-order chi connectivity index (χ1) is 13.6. The van der Waals surface area contributed by atoms with Gasteiger partial charge in [-0.15, -0.1) is 11.3 Å². The number of benzene rings is 2. The minimum absolute atomic E-state index is 0.241. The second kappa shape index (κ2) is 8.02. The maximum Gasteiger partial charge on any atom is 0.160 e. The summed E-state index contributed by atoms with van der Waals surface area (Å²) in [5, 5.41) is 0. The zero-order chi connectivity index (χ0) is 19.6. The summed E-state index contributed by atoms with van der Waals surface area (Å²) in [5.74, 6) is 0. The lowest BCUT2D eigenvalue weighted by molar-refractivity contribution is 0.112. The molecule has 2 aromatic carbocycles. The first-order valence-electron chi connectivity index (χ1n) is 10.0. The van der Waals surface area contributed by atoms with Gasteiger partial charge in [0.2, 0.25) is 0 Å². The van der Waals surface area contributed by atoms with E-state index in [-0.39, 0.29) is 5.41 Å². The molecule has 2 heterocycles. The molecular weight excluding hydrogens is 362 g/mol. The van der Waals surface area contributed by atoms with E-state index in [1.54, 1.807) is 11.3 Å². The van der Waals surface area contributed by atoms with Crippen LogP contribution in [0.4, 0.5) is 0 Å². The molecular formula is C25H27NOS. The topological polar surface area (TPSA) is 20.3 Å². The van der Waals surface area contributed by atoms with Crippen LogP contribution in [0.25, 0.3) is 10.4 Å². The maximum atomic E-state index is 11.1. The predicted octanol–water partition coefficient (Wildman–Crippen LogP) is 6.09. The first kappa shape index (κ1) is 19.1. The third kappa shape index (κ3) is 3.96. The van der Waals surface area contributed by atoms with Crippen molar-refractivity contribution in [3.8, 4) is 10.4 Å². The molecule has 1 aliphatic heterocycles. The van der Waals surface area contributed by atoms with Crippen LogP contribution in [0, 0.1) is 6.92 Å². The fourth-order valence-corrected chi connectivity index (χ4v) is 5.12. The summed E-state index contributed by atoms with van der Waals surface area (Å²) < 4.78 is 0. The van der Waals surface area contributed by atoms with Gasteiger partial charge >= 0.3 is 0 Å². The number of piperidine rings is 1. The van der Waals surface area contributed by atoms with Crippen molar-refractivity contribution < 1.29 is 4.79 Å². The van der Waals surface area contributed by atoms with Crippen molar-refractivity contribution in [3.05, 3.63) is 82.2 Å². The molecule has 4 rings (SSSR count). The van der Waals surface area contributed by atoms with Crippen molar-refractivity contribution in [3.63, 3.8) is 0 Å². The van der Waals surface area contributed by atoms with Gasteiger partial charge in [-0.3, -0.25) is 9.69 Å². The Labute approximate surface area is 171 Å². The number of rotatable bonds is 5. The minimum atomic E-state index is 0.241. The molecule has 0 amide bonds. The van der Waals surface area contributed by atoms with Crippen LogP contribution < -0.4 is 0 Å². The maximum absolute atomic E-state index is 11.1. The van der Waals surface area contributed by atoms with Crippen LogP contribution in [0.5, 0.6) is 0 Å². The van der Waals surface area contributed by atoms with Crippen LogP contribution >= 0.6 is 11.3 Å². The zero-order valence-corrected chi connectivity index (χ0v) is 17.5. The van der Waals surface area contributed by atoms with Crippen molar-refractivity contribution in [1.82, 2.24) is 4.90 Å². The van der Waals surface area contributed by atoms with Crippen LogP contribution in [0.2, 0.25) is 0 Å². The van der Waals surface area contributed by atoms with Gasteiger partial charge < -0.3 is 0 Å². The molecule has 2 nitrogen and oxygen atoms in total. The molecule has 0 N–H and O–H groups in total. The molecule has 144 valence electrons. The summed E-state index contributed by atoms with van der Waals surface area (Å²) in [6, 6.07) is 21.9. The van der Waals surface area contributed by atoms with E-state index in [9.17, 15) is 4.79 Å². The first-order valence-corrected chi connectivity index (χ1v) is 10.8. The highest BCUT2D eigenvalue weighted by Crippen LogP contribution is 2.37. The highest BCUT2D eigenvalue weighted by molar-refractivity contribution is 7.17. The number of nitrogens with zero attached hydrogens (tertiary/aromatic N) is 1. The molecule has 1 aliphatic rings. The molecule has 3 aromatic rings. The monoisotopic (exact) mass is 389 g/mol. The number of hydrogen-bond acceptors (Lipinski definition) is 3. The minimum Gasteiger partial charge on any atom is -0.299 e. The van der Waals surface area contributed by atoms with Gasteiger partial charge in [-0.2, -0.15) is 0 Å². The van der Waals surface area contributed by atoms with Gasteiger partial charge in [-0.25, -0.2) is 0 Å². The quantitative estimate of drug-likeness (QED) is 0.492. The van der Waals surface area contributed by atoms with E-state index in [1.807, 2.05) is 6.92 Å². The highest BCUT2D eigenvalue weighted by Gasteiger charge is 2.31. The number of hydrogen-bond donors (Lipinski definition) is 0. The molecule has 0 saturated carbocycles. The molecule has 0 bridgehead atoms. The summed E-state index contributed by atoms with van der Waals surface area (Å²) in [7, 11) is 0. The van der Waals surface area contributed by atoms with E-state index in [4.69, 9.17) is 0 Å². The lowest BCUT2D eigenvalue weighted by Crippen LogP contribution is -2.40. The van der Waals surface area contributed by atoms with E-state index in [2.05, 4.69) is 72.5 Å². The van der Waals surface area contributed by atoms with Gasteiger partial charge in [-0.1, -0.05) is 61.5 Å². The van der Waals surface area contributed by atoms with Crippen molar-refractivity contribution in [2.24, 2.45) is 0 Å². The third-order valence-electron chi connectivity index (χ3n) is 6.14. The van der Waals surface area contributed by atoms with E-state index >= 15 is 0 Å². The number of aldehydes is 1. The molecule has 1 aromatic heterocycles.